The van der Waals surface area contributed by atoms with Gasteiger partial charge in [-0.05, 0) is 53.1 Å². The SMILES string of the molecule is CCC(C)NC(=O)C(C)N(C)CCC1CCCCN1. The standard InChI is InChI=1S/C15H31N3O/c1-5-12(2)17-15(19)13(3)18(4)11-9-14-8-6-7-10-16-14/h12-14,16H,5-11H2,1-4H3,(H,17,19). The van der Waals surface area contributed by atoms with E-state index in [1.165, 1.54) is 19.3 Å². The number of nitrogens with one attached hydrogen (secondary N) is 2. The van der Waals surface area contributed by atoms with Gasteiger partial charge in [-0.25, -0.2) is 0 Å². The van der Waals surface area contributed by atoms with Gasteiger partial charge < -0.3 is 10.6 Å². The summed E-state index contributed by atoms with van der Waals surface area (Å²) in [6.45, 7) is 8.27. The van der Waals surface area contributed by atoms with Crippen LogP contribution in [0, 0.1) is 0 Å². The molecule has 1 fully saturated rings. The molecule has 0 aromatic rings. The van der Waals surface area contributed by atoms with E-state index in [4.69, 9.17) is 0 Å². The second kappa shape index (κ2) is 8.54. The second-order valence-corrected chi connectivity index (χ2v) is 5.91. The molecular formula is C15H31N3O. The minimum absolute atomic E-state index is 0.0439. The lowest BCUT2D eigenvalue weighted by Gasteiger charge is -2.29. The van der Waals surface area contributed by atoms with Gasteiger partial charge in [0.2, 0.25) is 5.91 Å². The van der Waals surface area contributed by atoms with Crippen molar-refractivity contribution in [3.63, 3.8) is 0 Å². The number of hydrogen-bond donors (Lipinski definition) is 2. The van der Waals surface area contributed by atoms with Crippen LogP contribution in [0.4, 0.5) is 0 Å². The summed E-state index contributed by atoms with van der Waals surface area (Å²) in [4.78, 5) is 14.2. The maximum atomic E-state index is 12.0. The molecule has 0 aromatic carbocycles. The van der Waals surface area contributed by atoms with Crippen LogP contribution in [0.25, 0.3) is 0 Å². The van der Waals surface area contributed by atoms with E-state index in [0.717, 1.165) is 25.9 Å². The second-order valence-electron chi connectivity index (χ2n) is 5.91. The molecule has 1 saturated heterocycles. The molecule has 0 aromatic heterocycles. The van der Waals surface area contributed by atoms with E-state index in [1.807, 2.05) is 14.0 Å². The highest BCUT2D eigenvalue weighted by molar-refractivity contribution is 5.81. The van der Waals surface area contributed by atoms with E-state index in [2.05, 4.69) is 29.4 Å². The lowest BCUT2D eigenvalue weighted by Crippen LogP contribution is -2.47. The molecular weight excluding hydrogens is 238 g/mol. The van der Waals surface area contributed by atoms with Crippen LogP contribution in [0.3, 0.4) is 0 Å². The highest BCUT2D eigenvalue weighted by Crippen LogP contribution is 2.11. The summed E-state index contributed by atoms with van der Waals surface area (Å²) in [5.41, 5.74) is 0. The molecule has 0 bridgehead atoms. The van der Waals surface area contributed by atoms with Crippen molar-refractivity contribution in [2.45, 2.75) is 71.0 Å². The molecule has 1 aliphatic heterocycles. The van der Waals surface area contributed by atoms with Crippen LogP contribution in [0.15, 0.2) is 0 Å². The Morgan fingerprint density at radius 3 is 2.74 bits per heavy atom. The molecule has 0 spiro atoms. The normalized spacial score (nSPS) is 23.1. The summed E-state index contributed by atoms with van der Waals surface area (Å²) in [6, 6.07) is 0.863. The molecule has 112 valence electrons. The number of nitrogens with zero attached hydrogens (tertiary/aromatic N) is 1. The first kappa shape index (κ1) is 16.4. The Morgan fingerprint density at radius 1 is 1.42 bits per heavy atom. The molecule has 1 rings (SSSR count). The smallest absolute Gasteiger partial charge is 0.237 e. The van der Waals surface area contributed by atoms with E-state index in [1.54, 1.807) is 0 Å². The monoisotopic (exact) mass is 269 g/mol. The zero-order valence-corrected chi connectivity index (χ0v) is 13.0. The summed E-state index contributed by atoms with van der Waals surface area (Å²) in [6.07, 6.45) is 6.04. The minimum atomic E-state index is -0.0439. The third kappa shape index (κ3) is 5.91. The number of amides is 1. The van der Waals surface area contributed by atoms with Gasteiger partial charge >= 0.3 is 0 Å². The Kier molecular flexibility index (Phi) is 7.39. The minimum Gasteiger partial charge on any atom is -0.352 e. The summed E-state index contributed by atoms with van der Waals surface area (Å²) in [5.74, 6) is 0.147. The van der Waals surface area contributed by atoms with E-state index in [0.29, 0.717) is 6.04 Å². The van der Waals surface area contributed by atoms with Gasteiger partial charge in [0, 0.05) is 18.6 Å². The Balaban J connectivity index is 2.26. The zero-order chi connectivity index (χ0) is 14.3. The number of piperidine rings is 1. The van der Waals surface area contributed by atoms with E-state index in [-0.39, 0.29) is 18.0 Å². The van der Waals surface area contributed by atoms with Crippen molar-refractivity contribution in [2.24, 2.45) is 0 Å². The fourth-order valence-electron chi connectivity index (χ4n) is 2.39. The number of likely N-dealkylation sites (N-methyl/N-ethyl adjacent to an activating group) is 1. The van der Waals surface area contributed by atoms with Crippen LogP contribution in [0.1, 0.15) is 52.9 Å². The molecule has 3 unspecified atom stereocenters. The molecule has 1 aliphatic rings. The maximum Gasteiger partial charge on any atom is 0.237 e. The first-order valence-electron chi connectivity index (χ1n) is 7.78. The average Bonchev–Trinajstić information content (AvgIpc) is 2.44. The van der Waals surface area contributed by atoms with Crippen molar-refractivity contribution in [1.29, 1.82) is 0 Å². The molecule has 0 aliphatic carbocycles. The first-order chi connectivity index (χ1) is 9.04. The summed E-state index contributed by atoms with van der Waals surface area (Å²) >= 11 is 0. The van der Waals surface area contributed by atoms with Gasteiger partial charge in [0.25, 0.3) is 0 Å². The first-order valence-corrected chi connectivity index (χ1v) is 7.78. The van der Waals surface area contributed by atoms with Gasteiger partial charge in [-0.1, -0.05) is 13.3 Å². The van der Waals surface area contributed by atoms with Crippen molar-refractivity contribution >= 4 is 5.91 Å². The molecule has 0 saturated carbocycles. The van der Waals surface area contributed by atoms with Crippen LogP contribution < -0.4 is 10.6 Å². The lowest BCUT2D eigenvalue weighted by molar-refractivity contribution is -0.126. The zero-order valence-electron chi connectivity index (χ0n) is 13.0. The van der Waals surface area contributed by atoms with Gasteiger partial charge in [0.1, 0.15) is 0 Å². The molecule has 3 atom stereocenters. The summed E-state index contributed by atoms with van der Waals surface area (Å²) in [7, 11) is 2.05. The largest absolute Gasteiger partial charge is 0.352 e. The van der Waals surface area contributed by atoms with E-state index < -0.39 is 0 Å². The van der Waals surface area contributed by atoms with Crippen LogP contribution in [0.5, 0.6) is 0 Å². The third-order valence-corrected chi connectivity index (χ3v) is 4.28. The predicted molar refractivity (Wildman–Crippen MR) is 80.2 cm³/mol. The number of carbonyl (C=O) groups excluding carboxylic acids is 1. The highest BCUT2D eigenvalue weighted by Gasteiger charge is 2.20. The van der Waals surface area contributed by atoms with Gasteiger partial charge in [0.15, 0.2) is 0 Å². The Bertz CT molecular complexity index is 264. The van der Waals surface area contributed by atoms with Crippen molar-refractivity contribution in [3.8, 4) is 0 Å². The fraction of sp³-hybridized carbons (Fsp3) is 0.933. The van der Waals surface area contributed by atoms with E-state index in [9.17, 15) is 4.79 Å². The predicted octanol–water partition coefficient (Wildman–Crippen LogP) is 1.75. The topological polar surface area (TPSA) is 44.4 Å². The lowest BCUT2D eigenvalue weighted by atomic mass is 10.0. The summed E-state index contributed by atoms with van der Waals surface area (Å²) < 4.78 is 0. The molecule has 4 heteroatoms. The van der Waals surface area contributed by atoms with E-state index >= 15 is 0 Å². The quantitative estimate of drug-likeness (QED) is 0.740. The van der Waals surface area contributed by atoms with Crippen molar-refractivity contribution in [1.82, 2.24) is 15.5 Å². The fourth-order valence-corrected chi connectivity index (χ4v) is 2.39. The highest BCUT2D eigenvalue weighted by atomic mass is 16.2. The molecule has 1 amide bonds. The van der Waals surface area contributed by atoms with Crippen LogP contribution >= 0.6 is 0 Å². The third-order valence-electron chi connectivity index (χ3n) is 4.28. The number of rotatable bonds is 7. The van der Waals surface area contributed by atoms with Crippen molar-refractivity contribution < 1.29 is 4.79 Å². The van der Waals surface area contributed by atoms with Gasteiger partial charge in [-0.3, -0.25) is 9.69 Å². The van der Waals surface area contributed by atoms with Crippen LogP contribution in [-0.4, -0.2) is 49.1 Å². The molecule has 2 N–H and O–H groups in total. The molecule has 1 heterocycles. The Hall–Kier alpha value is -0.610. The molecule has 0 radical (unpaired) electrons. The molecule has 19 heavy (non-hydrogen) atoms. The van der Waals surface area contributed by atoms with Gasteiger partial charge in [0.05, 0.1) is 6.04 Å². The van der Waals surface area contributed by atoms with Crippen LogP contribution in [0.2, 0.25) is 0 Å². The number of hydrogen-bond acceptors (Lipinski definition) is 3. The van der Waals surface area contributed by atoms with Crippen molar-refractivity contribution in [3.05, 3.63) is 0 Å². The number of carbonyl (C=O) groups is 1. The van der Waals surface area contributed by atoms with Crippen LogP contribution in [-0.2, 0) is 4.79 Å². The van der Waals surface area contributed by atoms with Gasteiger partial charge in [-0.15, -0.1) is 0 Å². The van der Waals surface area contributed by atoms with Gasteiger partial charge in [-0.2, -0.15) is 0 Å². The Morgan fingerprint density at radius 2 is 2.16 bits per heavy atom. The van der Waals surface area contributed by atoms with Crippen molar-refractivity contribution in [2.75, 3.05) is 20.1 Å². The summed E-state index contributed by atoms with van der Waals surface area (Å²) in [5, 5.41) is 6.61. The molecule has 4 nitrogen and oxygen atoms in total. The maximum absolute atomic E-state index is 12.0. The Labute approximate surface area is 118 Å². The average molecular weight is 269 g/mol.